The number of nitrogens with two attached hydrogens (primary N) is 1. The van der Waals surface area contributed by atoms with Crippen molar-refractivity contribution in [2.75, 3.05) is 6.61 Å². The van der Waals surface area contributed by atoms with Crippen LogP contribution in [0.3, 0.4) is 0 Å². The number of carbonyl (C=O) groups is 1. The maximum Gasteiger partial charge on any atom is 0.239 e. The molecule has 0 aromatic rings. The van der Waals surface area contributed by atoms with E-state index in [-0.39, 0.29) is 5.92 Å². The molecule has 1 aliphatic heterocycles. The third-order valence-corrected chi connectivity index (χ3v) is 3.20. The molecule has 0 saturated carbocycles. The largest absolute Gasteiger partial charge is 0.394 e. The van der Waals surface area contributed by atoms with E-state index in [1.54, 1.807) is 13.8 Å². The predicted molar refractivity (Wildman–Crippen MR) is 64.7 cm³/mol. The van der Waals surface area contributed by atoms with E-state index >= 15 is 0 Å². The maximum absolute atomic E-state index is 11.7. The van der Waals surface area contributed by atoms with Crippen molar-refractivity contribution in [1.82, 2.24) is 5.32 Å². The highest BCUT2D eigenvalue weighted by atomic mass is 16.6. The Morgan fingerprint density at radius 1 is 1.26 bits per heavy atom. The summed E-state index contributed by atoms with van der Waals surface area (Å²) in [5.41, 5.74) is 5.64. The van der Waals surface area contributed by atoms with E-state index < -0.39 is 49.2 Å². The van der Waals surface area contributed by atoms with Crippen molar-refractivity contribution >= 4 is 5.91 Å². The third-order valence-electron chi connectivity index (χ3n) is 3.20. The van der Waals surface area contributed by atoms with Gasteiger partial charge in [0.1, 0.15) is 24.4 Å². The highest BCUT2D eigenvalue weighted by Gasteiger charge is 2.44. The molecule has 0 bridgehead atoms. The number of rotatable bonds is 4. The van der Waals surface area contributed by atoms with Crippen LogP contribution in [0, 0.1) is 5.92 Å². The van der Waals surface area contributed by atoms with Crippen molar-refractivity contribution in [3.63, 3.8) is 0 Å². The Bertz CT molecular complexity index is 312. The highest BCUT2D eigenvalue weighted by molar-refractivity contribution is 5.81. The van der Waals surface area contributed by atoms with Crippen LogP contribution in [0.2, 0.25) is 0 Å². The van der Waals surface area contributed by atoms with Gasteiger partial charge < -0.3 is 36.2 Å². The number of carbonyl (C=O) groups excluding carboxylic acids is 1. The minimum absolute atomic E-state index is 0.107. The first-order valence-electron chi connectivity index (χ1n) is 6.16. The highest BCUT2D eigenvalue weighted by Crippen LogP contribution is 2.19. The minimum Gasteiger partial charge on any atom is -0.394 e. The van der Waals surface area contributed by atoms with Crippen LogP contribution in [0.5, 0.6) is 0 Å². The Kier molecular flexibility index (Phi) is 5.65. The van der Waals surface area contributed by atoms with Crippen LogP contribution in [0.1, 0.15) is 13.8 Å². The topological polar surface area (TPSA) is 145 Å². The summed E-state index contributed by atoms with van der Waals surface area (Å²) >= 11 is 0. The summed E-state index contributed by atoms with van der Waals surface area (Å²) in [7, 11) is 0. The maximum atomic E-state index is 11.7. The van der Waals surface area contributed by atoms with Crippen LogP contribution in [0.4, 0.5) is 0 Å². The first-order chi connectivity index (χ1) is 8.79. The number of nitrogens with one attached hydrogen (secondary N) is 1. The number of aliphatic hydroxyl groups excluding tert-OH is 4. The van der Waals surface area contributed by atoms with E-state index in [2.05, 4.69) is 5.32 Å². The molecule has 19 heavy (non-hydrogen) atoms. The van der Waals surface area contributed by atoms with Crippen molar-refractivity contribution in [3.05, 3.63) is 0 Å². The van der Waals surface area contributed by atoms with Gasteiger partial charge in [-0.05, 0) is 5.92 Å². The second-order valence-electron chi connectivity index (χ2n) is 5.03. The summed E-state index contributed by atoms with van der Waals surface area (Å²) in [6.45, 7) is 2.97. The van der Waals surface area contributed by atoms with Crippen molar-refractivity contribution in [2.45, 2.75) is 50.5 Å². The van der Waals surface area contributed by atoms with Crippen LogP contribution in [0.25, 0.3) is 0 Å². The van der Waals surface area contributed by atoms with Gasteiger partial charge in [-0.15, -0.1) is 0 Å². The van der Waals surface area contributed by atoms with Gasteiger partial charge in [-0.1, -0.05) is 13.8 Å². The molecule has 1 fully saturated rings. The van der Waals surface area contributed by atoms with Gasteiger partial charge in [0.25, 0.3) is 0 Å². The molecule has 1 saturated heterocycles. The first kappa shape index (κ1) is 16.3. The van der Waals surface area contributed by atoms with Gasteiger partial charge in [-0.3, -0.25) is 4.79 Å². The van der Waals surface area contributed by atoms with E-state index in [0.717, 1.165) is 0 Å². The molecule has 0 radical (unpaired) electrons. The van der Waals surface area contributed by atoms with Crippen LogP contribution in [-0.4, -0.2) is 69.6 Å². The summed E-state index contributed by atoms with van der Waals surface area (Å²) in [6, 6.07) is -0.785. The average Bonchev–Trinajstić information content (AvgIpc) is 2.38. The van der Waals surface area contributed by atoms with Gasteiger partial charge in [0.2, 0.25) is 5.91 Å². The molecule has 6 atom stereocenters. The lowest BCUT2D eigenvalue weighted by Gasteiger charge is -2.40. The quantitative estimate of drug-likeness (QED) is 0.319. The minimum atomic E-state index is -1.52. The first-order valence-corrected chi connectivity index (χ1v) is 6.16. The Morgan fingerprint density at radius 2 is 1.84 bits per heavy atom. The van der Waals surface area contributed by atoms with E-state index in [1.165, 1.54) is 0 Å². The second-order valence-corrected chi connectivity index (χ2v) is 5.03. The van der Waals surface area contributed by atoms with Gasteiger partial charge in [0.05, 0.1) is 12.6 Å². The molecule has 1 rings (SSSR count). The Labute approximate surface area is 111 Å². The van der Waals surface area contributed by atoms with E-state index in [4.69, 9.17) is 15.6 Å². The number of hydrogen-bond donors (Lipinski definition) is 6. The molecule has 8 heteroatoms. The molecular formula is C11H22N2O6. The van der Waals surface area contributed by atoms with E-state index in [1.807, 2.05) is 0 Å². The number of ether oxygens (including phenoxy) is 1. The normalized spacial score (nSPS) is 37.2. The fourth-order valence-corrected chi connectivity index (χ4v) is 1.76. The summed E-state index contributed by atoms with van der Waals surface area (Å²) in [5, 5.41) is 40.2. The molecule has 7 N–H and O–H groups in total. The Hall–Kier alpha value is -0.770. The lowest BCUT2D eigenvalue weighted by Crippen LogP contribution is -2.64. The molecule has 0 aliphatic carbocycles. The molecule has 8 nitrogen and oxygen atoms in total. The van der Waals surface area contributed by atoms with Crippen LogP contribution >= 0.6 is 0 Å². The molecule has 1 aliphatic rings. The average molecular weight is 278 g/mol. The molecular weight excluding hydrogens is 256 g/mol. The number of hydrogen-bond acceptors (Lipinski definition) is 7. The SMILES string of the molecule is CC(C)[C@H](N)C(=O)N[C@@H]1O[C@H](CO)[C@@H](O)[C@H](O)[C@H]1O. The van der Waals surface area contributed by atoms with Crippen molar-refractivity contribution in [3.8, 4) is 0 Å². The zero-order valence-corrected chi connectivity index (χ0v) is 10.9. The Balaban J connectivity index is 2.69. The predicted octanol–water partition coefficient (Wildman–Crippen LogP) is -3.11. The van der Waals surface area contributed by atoms with Crippen LogP contribution in [0.15, 0.2) is 0 Å². The van der Waals surface area contributed by atoms with E-state index in [9.17, 15) is 20.1 Å². The summed E-state index contributed by atoms with van der Waals surface area (Å²) in [6.07, 6.45) is -6.76. The lowest BCUT2D eigenvalue weighted by molar-refractivity contribution is -0.236. The molecule has 0 aromatic carbocycles. The zero-order chi connectivity index (χ0) is 14.7. The van der Waals surface area contributed by atoms with Crippen molar-refractivity contribution in [2.24, 2.45) is 11.7 Å². The third kappa shape index (κ3) is 3.62. The van der Waals surface area contributed by atoms with Gasteiger partial charge >= 0.3 is 0 Å². The fourth-order valence-electron chi connectivity index (χ4n) is 1.76. The monoisotopic (exact) mass is 278 g/mol. The van der Waals surface area contributed by atoms with Crippen molar-refractivity contribution < 1.29 is 30.0 Å². The van der Waals surface area contributed by atoms with E-state index in [0.29, 0.717) is 0 Å². The fraction of sp³-hybridized carbons (Fsp3) is 0.909. The molecule has 1 heterocycles. The van der Waals surface area contributed by atoms with Gasteiger partial charge in [-0.2, -0.15) is 0 Å². The summed E-state index contributed by atoms with van der Waals surface area (Å²) in [5.74, 6) is -0.649. The van der Waals surface area contributed by atoms with Crippen LogP contribution in [-0.2, 0) is 9.53 Å². The smallest absolute Gasteiger partial charge is 0.239 e. The lowest BCUT2D eigenvalue weighted by atomic mass is 9.98. The molecule has 0 spiro atoms. The number of amides is 1. The van der Waals surface area contributed by atoms with Crippen molar-refractivity contribution in [1.29, 1.82) is 0 Å². The second kappa shape index (κ2) is 6.60. The van der Waals surface area contributed by atoms with Gasteiger partial charge in [-0.25, -0.2) is 0 Å². The molecule has 0 unspecified atom stereocenters. The standard InChI is InChI=1S/C11H22N2O6/c1-4(2)6(12)10(18)13-11-9(17)8(16)7(15)5(3-14)19-11/h4-9,11,14-17H,3,12H2,1-2H3,(H,13,18)/t5-,6+,7-,8+,9-,11-/m1/s1. The Morgan fingerprint density at radius 3 is 2.32 bits per heavy atom. The van der Waals surface area contributed by atoms with Crippen LogP contribution < -0.4 is 11.1 Å². The number of aliphatic hydroxyl groups is 4. The molecule has 0 aromatic heterocycles. The summed E-state index contributed by atoms with van der Waals surface area (Å²) in [4.78, 5) is 11.7. The molecule has 1 amide bonds. The molecule has 112 valence electrons. The van der Waals surface area contributed by atoms with Gasteiger partial charge in [0.15, 0.2) is 6.23 Å². The zero-order valence-electron chi connectivity index (χ0n) is 10.9. The van der Waals surface area contributed by atoms with Gasteiger partial charge in [0, 0.05) is 0 Å². The summed E-state index contributed by atoms with van der Waals surface area (Å²) < 4.78 is 5.13.